The normalized spacial score (nSPS) is 13.3. The highest BCUT2D eigenvalue weighted by molar-refractivity contribution is 5.89. The summed E-state index contributed by atoms with van der Waals surface area (Å²) in [4.78, 5) is 27.3. The Balaban J connectivity index is 1.48. The molecule has 12 heteroatoms. The highest BCUT2D eigenvalue weighted by Crippen LogP contribution is 2.41. The van der Waals surface area contributed by atoms with E-state index in [1.807, 2.05) is 17.9 Å². The molecule has 1 aromatic heterocycles. The monoisotopic (exact) mass is 599 g/mol. The van der Waals surface area contributed by atoms with Gasteiger partial charge in [0.15, 0.2) is 11.5 Å². The molecule has 0 spiro atoms. The molecule has 1 aliphatic rings. The molecular formula is C31H28F3NO8. The third-order valence-electron chi connectivity index (χ3n) is 6.72. The quantitative estimate of drug-likeness (QED) is 0.199. The summed E-state index contributed by atoms with van der Waals surface area (Å²) in [5.74, 6) is -1.87. The number of ether oxygens (including phenoxy) is 5. The van der Waals surface area contributed by atoms with Crippen LogP contribution in [-0.4, -0.2) is 38.4 Å². The maximum Gasteiger partial charge on any atom is 0.453 e. The van der Waals surface area contributed by atoms with Crippen molar-refractivity contribution in [2.45, 2.75) is 32.6 Å². The van der Waals surface area contributed by atoms with Crippen molar-refractivity contribution in [1.82, 2.24) is 4.90 Å². The first-order valence-corrected chi connectivity index (χ1v) is 13.3. The van der Waals surface area contributed by atoms with Gasteiger partial charge in [0.25, 0.3) is 5.76 Å². The second kappa shape index (κ2) is 12.3. The van der Waals surface area contributed by atoms with Gasteiger partial charge in [0.05, 0.1) is 37.3 Å². The first kappa shape index (κ1) is 29.8. The summed E-state index contributed by atoms with van der Waals surface area (Å²) in [7, 11) is 3.05. The number of benzene rings is 3. The van der Waals surface area contributed by atoms with E-state index in [4.69, 9.17) is 28.1 Å². The van der Waals surface area contributed by atoms with Gasteiger partial charge >= 0.3 is 12.1 Å². The van der Waals surface area contributed by atoms with Gasteiger partial charge in [0.2, 0.25) is 11.2 Å². The predicted octanol–water partition coefficient (Wildman–Crippen LogP) is 6.54. The number of carbonyl (C=O) groups is 1. The molecule has 0 bridgehead atoms. The molecule has 2 heterocycles. The Hall–Kier alpha value is -4.71. The maximum atomic E-state index is 14.2. The molecule has 0 N–H and O–H groups in total. The van der Waals surface area contributed by atoms with Gasteiger partial charge in [-0.3, -0.25) is 9.69 Å². The zero-order chi connectivity index (χ0) is 30.7. The lowest BCUT2D eigenvalue weighted by Gasteiger charge is -2.29. The van der Waals surface area contributed by atoms with Crippen LogP contribution in [0.4, 0.5) is 13.2 Å². The fourth-order valence-electron chi connectivity index (χ4n) is 4.67. The highest BCUT2D eigenvalue weighted by Gasteiger charge is 2.41. The molecule has 9 nitrogen and oxygen atoms in total. The standard InChI is InChI=1S/C31H28F3NO8/c1-4-13-40-30(37)19-6-8-20(9-7-19)42-28-26(36)21-10-12-23-22(27(21)43-29(28)31(32,33)34)16-35(17-41-23)15-18-5-11-24(38-2)25(14-18)39-3/h5-12,14H,4,13,15-17H2,1-3H3. The van der Waals surface area contributed by atoms with Gasteiger partial charge in [-0.25, -0.2) is 4.79 Å². The molecule has 0 amide bonds. The van der Waals surface area contributed by atoms with Crippen LogP contribution in [0.5, 0.6) is 28.7 Å². The van der Waals surface area contributed by atoms with Gasteiger partial charge in [-0.05, 0) is 60.5 Å². The van der Waals surface area contributed by atoms with Crippen molar-refractivity contribution in [3.8, 4) is 28.7 Å². The summed E-state index contributed by atoms with van der Waals surface area (Å²) in [5.41, 5.74) is 0.0932. The van der Waals surface area contributed by atoms with Crippen LogP contribution in [-0.2, 0) is 24.0 Å². The summed E-state index contributed by atoms with van der Waals surface area (Å²) >= 11 is 0. The van der Waals surface area contributed by atoms with Gasteiger partial charge in [0.1, 0.15) is 23.8 Å². The highest BCUT2D eigenvalue weighted by atomic mass is 19.4. The molecule has 5 rings (SSSR count). The van der Waals surface area contributed by atoms with Crippen LogP contribution in [0.3, 0.4) is 0 Å². The Morgan fingerprint density at radius 2 is 1.74 bits per heavy atom. The lowest BCUT2D eigenvalue weighted by atomic mass is 10.1. The smallest absolute Gasteiger partial charge is 0.453 e. The number of fused-ring (bicyclic) bond motifs is 3. The number of halogens is 3. The van der Waals surface area contributed by atoms with Crippen molar-refractivity contribution in [3.63, 3.8) is 0 Å². The number of hydrogen-bond donors (Lipinski definition) is 0. The number of hydrogen-bond acceptors (Lipinski definition) is 9. The fourth-order valence-corrected chi connectivity index (χ4v) is 4.67. The Labute approximate surface area is 244 Å². The van der Waals surface area contributed by atoms with Gasteiger partial charge in [-0.1, -0.05) is 13.0 Å². The van der Waals surface area contributed by atoms with E-state index in [-0.39, 0.29) is 42.2 Å². The molecule has 43 heavy (non-hydrogen) atoms. The molecule has 0 saturated carbocycles. The van der Waals surface area contributed by atoms with Crippen molar-refractivity contribution in [2.75, 3.05) is 27.6 Å². The second-order valence-corrected chi connectivity index (χ2v) is 9.72. The molecule has 0 unspecified atom stereocenters. The molecule has 0 aliphatic carbocycles. The summed E-state index contributed by atoms with van der Waals surface area (Å²) in [6.07, 6.45) is -4.42. The molecule has 0 fully saturated rings. The number of esters is 1. The van der Waals surface area contributed by atoms with Gasteiger partial charge < -0.3 is 28.1 Å². The SMILES string of the molecule is CCCOC(=O)c1ccc(Oc2c(C(F)(F)F)oc3c4c(ccc3c2=O)OCN(Cc2ccc(OC)c(OC)c2)C4)cc1. The van der Waals surface area contributed by atoms with E-state index in [0.29, 0.717) is 35.8 Å². The minimum Gasteiger partial charge on any atom is -0.493 e. The van der Waals surface area contributed by atoms with Gasteiger partial charge in [-0.15, -0.1) is 0 Å². The van der Waals surface area contributed by atoms with Crippen LogP contribution in [0, 0.1) is 0 Å². The Bertz CT molecular complexity index is 1700. The van der Waals surface area contributed by atoms with E-state index in [1.165, 1.54) is 50.6 Å². The lowest BCUT2D eigenvalue weighted by Crippen LogP contribution is -2.32. The Morgan fingerprint density at radius 3 is 2.42 bits per heavy atom. The van der Waals surface area contributed by atoms with Crippen molar-refractivity contribution in [3.05, 3.63) is 87.3 Å². The largest absolute Gasteiger partial charge is 0.493 e. The van der Waals surface area contributed by atoms with Crippen molar-refractivity contribution < 1.29 is 46.1 Å². The maximum absolute atomic E-state index is 14.2. The molecule has 0 radical (unpaired) electrons. The first-order valence-electron chi connectivity index (χ1n) is 13.3. The van der Waals surface area contributed by atoms with Crippen molar-refractivity contribution >= 4 is 16.9 Å². The van der Waals surface area contributed by atoms with Crippen molar-refractivity contribution in [2.24, 2.45) is 0 Å². The minimum absolute atomic E-state index is 0.0911. The van der Waals surface area contributed by atoms with Crippen LogP contribution in [0.2, 0.25) is 0 Å². The van der Waals surface area contributed by atoms with Crippen LogP contribution >= 0.6 is 0 Å². The minimum atomic E-state index is -5.05. The van der Waals surface area contributed by atoms with Crippen LogP contribution < -0.4 is 24.4 Å². The number of nitrogens with zero attached hydrogens (tertiary/aromatic N) is 1. The van der Waals surface area contributed by atoms with Crippen molar-refractivity contribution in [1.29, 1.82) is 0 Å². The molecule has 1 aliphatic heterocycles. The lowest BCUT2D eigenvalue weighted by molar-refractivity contribution is -0.154. The molecular weight excluding hydrogens is 571 g/mol. The van der Waals surface area contributed by atoms with E-state index < -0.39 is 29.1 Å². The fraction of sp³-hybridized carbons (Fsp3) is 0.290. The zero-order valence-electron chi connectivity index (χ0n) is 23.6. The summed E-state index contributed by atoms with van der Waals surface area (Å²) in [5, 5.41) is -0.0990. The number of alkyl halides is 3. The third-order valence-corrected chi connectivity index (χ3v) is 6.72. The molecule has 0 saturated heterocycles. The molecule has 0 atom stereocenters. The Kier molecular flexibility index (Phi) is 8.49. The number of methoxy groups -OCH3 is 2. The molecule has 4 aromatic rings. The van der Waals surface area contributed by atoms with E-state index in [2.05, 4.69) is 0 Å². The van der Waals surface area contributed by atoms with E-state index >= 15 is 0 Å². The predicted molar refractivity (Wildman–Crippen MR) is 149 cm³/mol. The number of rotatable bonds is 9. The van der Waals surface area contributed by atoms with Crippen LogP contribution in [0.15, 0.2) is 63.8 Å². The second-order valence-electron chi connectivity index (χ2n) is 9.72. The summed E-state index contributed by atoms with van der Waals surface area (Å²) in [6, 6.07) is 13.5. The third kappa shape index (κ3) is 6.24. The average Bonchev–Trinajstić information content (AvgIpc) is 3.00. The first-order chi connectivity index (χ1) is 20.6. The van der Waals surface area contributed by atoms with Gasteiger partial charge in [0, 0.05) is 13.1 Å². The summed E-state index contributed by atoms with van der Waals surface area (Å²) in [6.45, 7) is 2.75. The summed E-state index contributed by atoms with van der Waals surface area (Å²) < 4.78 is 75.1. The van der Waals surface area contributed by atoms with E-state index in [1.54, 1.807) is 12.1 Å². The number of carbonyl (C=O) groups excluding carboxylic acids is 1. The van der Waals surface area contributed by atoms with Crippen LogP contribution in [0.25, 0.3) is 11.0 Å². The van der Waals surface area contributed by atoms with Crippen LogP contribution in [0.1, 0.15) is 40.6 Å². The zero-order valence-corrected chi connectivity index (χ0v) is 23.6. The van der Waals surface area contributed by atoms with Gasteiger partial charge in [-0.2, -0.15) is 13.2 Å². The average molecular weight is 600 g/mol. The Morgan fingerprint density at radius 1 is 1.00 bits per heavy atom. The van der Waals surface area contributed by atoms with E-state index in [9.17, 15) is 22.8 Å². The topological polar surface area (TPSA) is 96.7 Å². The van der Waals surface area contributed by atoms with E-state index in [0.717, 1.165) is 5.56 Å². The molecule has 226 valence electrons. The molecule has 3 aromatic carbocycles.